The van der Waals surface area contributed by atoms with Crippen molar-refractivity contribution in [2.75, 3.05) is 5.73 Å². The van der Waals surface area contributed by atoms with Gasteiger partial charge in [0, 0.05) is 11.7 Å². The Bertz CT molecular complexity index is 339. The Morgan fingerprint density at radius 1 is 1.54 bits per heavy atom. The highest BCUT2D eigenvalue weighted by Gasteiger charge is 2.05. The molecule has 1 aromatic rings. The first-order valence-electron chi connectivity index (χ1n) is 4.13. The highest BCUT2D eigenvalue weighted by Crippen LogP contribution is 2.19. The number of aryl methyl sites for hydroxylation is 1. The monoisotopic (exact) mass is 175 g/mol. The van der Waals surface area contributed by atoms with Crippen molar-refractivity contribution in [3.8, 4) is 6.07 Å². The second-order valence-corrected chi connectivity index (χ2v) is 3.08. The number of anilines is 1. The molecular weight excluding hydrogens is 162 g/mol. The highest BCUT2D eigenvalue weighted by molar-refractivity contribution is 5.49. The first-order chi connectivity index (χ1) is 6.15. The van der Waals surface area contributed by atoms with Crippen LogP contribution in [-0.4, -0.2) is 0 Å². The van der Waals surface area contributed by atoms with E-state index in [1.165, 1.54) is 0 Å². The molecule has 68 valence electrons. The Balaban J connectivity index is 2.91. The summed E-state index contributed by atoms with van der Waals surface area (Å²) in [5, 5.41) is 8.46. The van der Waals surface area contributed by atoms with E-state index >= 15 is 0 Å². The van der Waals surface area contributed by atoms with Crippen molar-refractivity contribution < 1.29 is 0 Å². The van der Waals surface area contributed by atoms with Crippen LogP contribution in [0.5, 0.6) is 0 Å². The zero-order chi connectivity index (χ0) is 9.84. The molecule has 3 heteroatoms. The first kappa shape index (κ1) is 9.56. The van der Waals surface area contributed by atoms with E-state index in [9.17, 15) is 0 Å². The minimum atomic E-state index is -0.229. The number of nitrogens with zero attached hydrogens (tertiary/aromatic N) is 1. The van der Waals surface area contributed by atoms with Crippen molar-refractivity contribution in [2.24, 2.45) is 5.73 Å². The lowest BCUT2D eigenvalue weighted by atomic mass is 10.0. The second-order valence-electron chi connectivity index (χ2n) is 3.08. The topological polar surface area (TPSA) is 75.8 Å². The lowest BCUT2D eigenvalue weighted by Crippen LogP contribution is -2.09. The molecule has 4 N–H and O–H groups in total. The standard InChI is InChI=1S/C10H13N3/c1-7-2-3-8(6-10(7)13)9(12)4-5-11/h2-3,6,9H,4,12-13H2,1H3/t9-/m0/s1. The molecule has 0 bridgehead atoms. The van der Waals surface area contributed by atoms with E-state index in [0.717, 1.165) is 16.8 Å². The van der Waals surface area contributed by atoms with Gasteiger partial charge in [-0.1, -0.05) is 12.1 Å². The van der Waals surface area contributed by atoms with Crippen LogP contribution in [0.1, 0.15) is 23.6 Å². The molecule has 0 aliphatic heterocycles. The molecule has 1 rings (SSSR count). The van der Waals surface area contributed by atoms with Crippen LogP contribution in [0.4, 0.5) is 5.69 Å². The van der Waals surface area contributed by atoms with Crippen LogP contribution in [0.3, 0.4) is 0 Å². The summed E-state index contributed by atoms with van der Waals surface area (Å²) in [6.07, 6.45) is 0.322. The Morgan fingerprint density at radius 3 is 2.77 bits per heavy atom. The van der Waals surface area contributed by atoms with Gasteiger partial charge in [-0.2, -0.15) is 5.26 Å². The van der Waals surface area contributed by atoms with E-state index in [1.807, 2.05) is 31.2 Å². The SMILES string of the molecule is Cc1ccc([C@@H](N)CC#N)cc1N. The molecule has 0 saturated heterocycles. The summed E-state index contributed by atoms with van der Waals surface area (Å²) in [5.41, 5.74) is 14.1. The van der Waals surface area contributed by atoms with Crippen molar-refractivity contribution in [1.82, 2.24) is 0 Å². The molecule has 3 nitrogen and oxygen atoms in total. The molecule has 1 atom stereocenters. The van der Waals surface area contributed by atoms with Gasteiger partial charge < -0.3 is 11.5 Å². The number of nitrogens with two attached hydrogens (primary N) is 2. The van der Waals surface area contributed by atoms with Gasteiger partial charge in [0.1, 0.15) is 0 Å². The van der Waals surface area contributed by atoms with E-state index in [4.69, 9.17) is 16.7 Å². The fourth-order valence-corrected chi connectivity index (χ4v) is 1.11. The molecule has 13 heavy (non-hydrogen) atoms. The zero-order valence-corrected chi connectivity index (χ0v) is 7.62. The summed E-state index contributed by atoms with van der Waals surface area (Å²) in [4.78, 5) is 0. The molecule has 0 amide bonds. The van der Waals surface area contributed by atoms with Gasteiger partial charge in [-0.3, -0.25) is 0 Å². The number of nitrogen functional groups attached to an aromatic ring is 1. The quantitative estimate of drug-likeness (QED) is 0.668. The normalized spacial score (nSPS) is 12.1. The van der Waals surface area contributed by atoms with Gasteiger partial charge in [0.2, 0.25) is 0 Å². The summed E-state index contributed by atoms with van der Waals surface area (Å²) >= 11 is 0. The third-order valence-electron chi connectivity index (χ3n) is 2.04. The van der Waals surface area contributed by atoms with Crippen molar-refractivity contribution in [1.29, 1.82) is 5.26 Å². The van der Waals surface area contributed by atoms with Crippen molar-refractivity contribution in [2.45, 2.75) is 19.4 Å². The van der Waals surface area contributed by atoms with Crippen LogP contribution >= 0.6 is 0 Å². The summed E-state index contributed by atoms with van der Waals surface area (Å²) in [6, 6.07) is 7.47. The average molecular weight is 175 g/mol. The maximum Gasteiger partial charge on any atom is 0.0641 e. The van der Waals surface area contributed by atoms with Crippen LogP contribution in [0, 0.1) is 18.3 Å². The summed E-state index contributed by atoms with van der Waals surface area (Å²) in [5.74, 6) is 0. The van der Waals surface area contributed by atoms with E-state index in [2.05, 4.69) is 0 Å². The molecule has 0 unspecified atom stereocenters. The smallest absolute Gasteiger partial charge is 0.0641 e. The van der Waals surface area contributed by atoms with Gasteiger partial charge in [-0.05, 0) is 24.1 Å². The number of benzene rings is 1. The predicted octanol–water partition coefficient (Wildman–Crippen LogP) is 1.49. The van der Waals surface area contributed by atoms with Crippen LogP contribution in [-0.2, 0) is 0 Å². The lowest BCUT2D eigenvalue weighted by Gasteiger charge is -2.09. The van der Waals surface area contributed by atoms with Gasteiger partial charge in [-0.25, -0.2) is 0 Å². The maximum absolute atomic E-state index is 8.46. The third-order valence-corrected chi connectivity index (χ3v) is 2.04. The first-order valence-corrected chi connectivity index (χ1v) is 4.13. The highest BCUT2D eigenvalue weighted by atomic mass is 14.6. The molecule has 0 saturated carbocycles. The molecule has 0 heterocycles. The number of rotatable bonds is 2. The molecule has 1 aromatic carbocycles. The number of hydrogen-bond acceptors (Lipinski definition) is 3. The Hall–Kier alpha value is -1.53. The second kappa shape index (κ2) is 3.92. The van der Waals surface area contributed by atoms with Crippen LogP contribution in [0.2, 0.25) is 0 Å². The summed E-state index contributed by atoms with van der Waals surface area (Å²) < 4.78 is 0. The molecule has 0 aliphatic carbocycles. The van der Waals surface area contributed by atoms with Gasteiger partial charge in [0.25, 0.3) is 0 Å². The van der Waals surface area contributed by atoms with Gasteiger partial charge in [0.15, 0.2) is 0 Å². The molecule has 0 spiro atoms. The fraction of sp³-hybridized carbons (Fsp3) is 0.300. The van der Waals surface area contributed by atoms with Crippen LogP contribution < -0.4 is 11.5 Å². The largest absolute Gasteiger partial charge is 0.399 e. The Kier molecular flexibility index (Phi) is 2.88. The zero-order valence-electron chi connectivity index (χ0n) is 7.62. The van der Waals surface area contributed by atoms with Gasteiger partial charge in [0.05, 0.1) is 12.5 Å². The van der Waals surface area contributed by atoms with Crippen LogP contribution in [0.15, 0.2) is 18.2 Å². The van der Waals surface area contributed by atoms with E-state index in [1.54, 1.807) is 0 Å². The van der Waals surface area contributed by atoms with Crippen molar-refractivity contribution in [3.63, 3.8) is 0 Å². The molecule has 0 radical (unpaired) electrons. The molecule has 0 aliphatic rings. The predicted molar refractivity (Wildman–Crippen MR) is 52.7 cm³/mol. The van der Waals surface area contributed by atoms with E-state index < -0.39 is 0 Å². The van der Waals surface area contributed by atoms with Crippen LogP contribution in [0.25, 0.3) is 0 Å². The van der Waals surface area contributed by atoms with Crippen molar-refractivity contribution in [3.05, 3.63) is 29.3 Å². The van der Waals surface area contributed by atoms with Gasteiger partial charge in [-0.15, -0.1) is 0 Å². The minimum Gasteiger partial charge on any atom is -0.399 e. The fourth-order valence-electron chi connectivity index (χ4n) is 1.11. The van der Waals surface area contributed by atoms with E-state index in [-0.39, 0.29) is 6.04 Å². The number of nitriles is 1. The van der Waals surface area contributed by atoms with Crippen molar-refractivity contribution >= 4 is 5.69 Å². The third kappa shape index (κ3) is 2.20. The minimum absolute atomic E-state index is 0.229. The number of hydrogen-bond donors (Lipinski definition) is 2. The molecule has 0 fully saturated rings. The summed E-state index contributed by atoms with van der Waals surface area (Å²) in [7, 11) is 0. The van der Waals surface area contributed by atoms with E-state index in [0.29, 0.717) is 6.42 Å². The molecular formula is C10H13N3. The van der Waals surface area contributed by atoms with Gasteiger partial charge >= 0.3 is 0 Å². The summed E-state index contributed by atoms with van der Waals surface area (Å²) in [6.45, 7) is 1.94. The maximum atomic E-state index is 8.46. The lowest BCUT2D eigenvalue weighted by molar-refractivity contribution is 0.749. The Labute approximate surface area is 78.0 Å². The average Bonchev–Trinajstić information content (AvgIpc) is 2.10. The molecule has 0 aromatic heterocycles. The Morgan fingerprint density at radius 2 is 2.23 bits per heavy atom.